The van der Waals surface area contributed by atoms with E-state index in [9.17, 15) is 34.5 Å². The molecule has 0 fully saturated rings. The summed E-state index contributed by atoms with van der Waals surface area (Å²) in [6, 6.07) is 12.0. The Bertz CT molecular complexity index is 1700. The lowest BCUT2D eigenvalue weighted by molar-refractivity contribution is -0.128. The van der Waals surface area contributed by atoms with Gasteiger partial charge >= 0.3 is 18.0 Å². The number of thiol groups is 1. The van der Waals surface area contributed by atoms with Crippen LogP contribution in [0.5, 0.6) is 23.0 Å². The number of nitrogens with zero attached hydrogens (tertiary/aromatic N) is 3. The number of carboxylic acids is 1. The molecule has 0 atom stereocenters. The molecule has 3 aromatic carbocycles. The van der Waals surface area contributed by atoms with Crippen molar-refractivity contribution in [3.8, 4) is 23.0 Å². The van der Waals surface area contributed by atoms with Gasteiger partial charge in [0.1, 0.15) is 23.0 Å². The Morgan fingerprint density at radius 1 is 0.878 bits per heavy atom. The predicted molar refractivity (Wildman–Crippen MR) is 185 cm³/mol. The van der Waals surface area contributed by atoms with Crippen LogP contribution in [0.3, 0.4) is 0 Å². The Morgan fingerprint density at radius 3 is 2.08 bits per heavy atom. The van der Waals surface area contributed by atoms with Crippen molar-refractivity contribution in [3.05, 3.63) is 76.9 Å². The number of hydrogen-bond acceptors (Lipinski definition) is 9. The summed E-state index contributed by atoms with van der Waals surface area (Å²) in [6.45, 7) is 2.34. The minimum Gasteiger partial charge on any atom is -0.508 e. The SMILES string of the molecule is CCCCCN(C(=O)CCNC(=O)N(S)c1ccc(C2c3ccc(O)cc3Oc3cc(O)ccc32)c(C(=O)O)c1)C(=O)NCCN=C(N)N. The van der Waals surface area contributed by atoms with Gasteiger partial charge in [0.15, 0.2) is 5.96 Å². The summed E-state index contributed by atoms with van der Waals surface area (Å²) in [6.07, 6.45) is 2.12. The average Bonchev–Trinajstić information content (AvgIpc) is 3.06. The number of nitrogens with two attached hydrogens (primary N) is 2. The normalized spacial score (nSPS) is 11.7. The largest absolute Gasteiger partial charge is 0.508 e. The van der Waals surface area contributed by atoms with Gasteiger partial charge in [0.25, 0.3) is 0 Å². The molecule has 49 heavy (non-hydrogen) atoms. The number of anilines is 1. The molecule has 0 aliphatic carbocycles. The lowest BCUT2D eigenvalue weighted by atomic mass is 9.80. The molecule has 0 bridgehead atoms. The van der Waals surface area contributed by atoms with Crippen LogP contribution in [-0.2, 0) is 4.79 Å². The summed E-state index contributed by atoms with van der Waals surface area (Å²) in [7, 11) is 0. The van der Waals surface area contributed by atoms with Crippen LogP contribution in [0.1, 0.15) is 65.6 Å². The Kier molecular flexibility index (Phi) is 12.2. The fourth-order valence-electron chi connectivity index (χ4n) is 5.34. The monoisotopic (exact) mass is 693 g/mol. The van der Waals surface area contributed by atoms with Crippen LogP contribution in [0.25, 0.3) is 0 Å². The number of carbonyl (C=O) groups excluding carboxylic acids is 3. The Balaban J connectivity index is 1.48. The van der Waals surface area contributed by atoms with Crippen molar-refractivity contribution in [1.29, 1.82) is 0 Å². The number of fused-ring (bicyclic) bond motifs is 2. The number of urea groups is 2. The number of ether oxygens (including phenoxy) is 1. The average molecular weight is 694 g/mol. The van der Waals surface area contributed by atoms with E-state index in [-0.39, 0.29) is 61.3 Å². The highest BCUT2D eigenvalue weighted by Gasteiger charge is 2.32. The summed E-state index contributed by atoms with van der Waals surface area (Å²) in [4.78, 5) is 56.1. The van der Waals surface area contributed by atoms with Crippen molar-refractivity contribution in [1.82, 2.24) is 15.5 Å². The number of imide groups is 1. The van der Waals surface area contributed by atoms with Crippen LogP contribution in [0.15, 0.2) is 59.6 Å². The number of benzene rings is 3. The topological polar surface area (TPSA) is 233 Å². The first kappa shape index (κ1) is 36.2. The van der Waals surface area contributed by atoms with Gasteiger partial charge in [-0.05, 0) is 36.2 Å². The van der Waals surface area contributed by atoms with E-state index in [1.54, 1.807) is 18.2 Å². The third-order valence-electron chi connectivity index (χ3n) is 7.68. The quantitative estimate of drug-likeness (QED) is 0.0436. The van der Waals surface area contributed by atoms with Gasteiger partial charge in [0, 0.05) is 55.2 Å². The highest BCUT2D eigenvalue weighted by molar-refractivity contribution is 7.82. The van der Waals surface area contributed by atoms with Crippen LogP contribution in [0, 0.1) is 0 Å². The molecule has 0 unspecified atom stereocenters. The van der Waals surface area contributed by atoms with Crippen molar-refractivity contribution >= 4 is 48.4 Å². The summed E-state index contributed by atoms with van der Waals surface area (Å²) >= 11 is 4.29. The van der Waals surface area contributed by atoms with Crippen molar-refractivity contribution in [2.75, 3.05) is 30.5 Å². The molecule has 1 heterocycles. The van der Waals surface area contributed by atoms with E-state index in [0.29, 0.717) is 34.6 Å². The molecule has 5 amide bonds. The molecule has 1 aliphatic heterocycles. The molecule has 15 nitrogen and oxygen atoms in total. The minimum atomic E-state index is -1.27. The number of phenols is 2. The molecule has 0 spiro atoms. The third kappa shape index (κ3) is 9.04. The van der Waals surface area contributed by atoms with E-state index in [2.05, 4.69) is 28.4 Å². The van der Waals surface area contributed by atoms with Crippen molar-refractivity contribution < 1.29 is 39.2 Å². The van der Waals surface area contributed by atoms with Crippen molar-refractivity contribution in [3.63, 3.8) is 0 Å². The van der Waals surface area contributed by atoms with E-state index < -0.39 is 29.9 Å². The number of aromatic carboxylic acids is 1. The van der Waals surface area contributed by atoms with Crippen molar-refractivity contribution in [2.24, 2.45) is 16.5 Å². The number of hydrogen-bond donors (Lipinski definition) is 8. The van der Waals surface area contributed by atoms with Gasteiger partial charge in [-0.1, -0.05) is 50.8 Å². The molecule has 16 heteroatoms. The number of aliphatic imine (C=N–C) groups is 1. The third-order valence-corrected chi connectivity index (χ3v) is 8.09. The van der Waals surface area contributed by atoms with E-state index >= 15 is 0 Å². The molecule has 3 aromatic rings. The van der Waals surface area contributed by atoms with Gasteiger partial charge in [-0.3, -0.25) is 14.7 Å². The van der Waals surface area contributed by atoms with Crippen LogP contribution in [0.4, 0.5) is 15.3 Å². The zero-order valence-corrected chi connectivity index (χ0v) is 27.7. The van der Waals surface area contributed by atoms with Crippen LogP contribution < -0.4 is 31.1 Å². The second-order valence-corrected chi connectivity index (χ2v) is 11.5. The first-order valence-electron chi connectivity index (χ1n) is 15.5. The second-order valence-electron chi connectivity index (χ2n) is 11.1. The maximum absolute atomic E-state index is 13.0. The maximum atomic E-state index is 13.0. The molecule has 0 aromatic heterocycles. The van der Waals surface area contributed by atoms with E-state index in [4.69, 9.17) is 16.2 Å². The van der Waals surface area contributed by atoms with Crippen LogP contribution >= 0.6 is 12.8 Å². The number of aromatic hydroxyl groups is 2. The number of carboxylic acid groups (broad SMARTS) is 1. The zero-order chi connectivity index (χ0) is 35.7. The molecule has 0 saturated carbocycles. The first-order valence-corrected chi connectivity index (χ1v) is 15.9. The van der Waals surface area contributed by atoms with Crippen LogP contribution in [0.2, 0.25) is 0 Å². The molecule has 0 saturated heterocycles. The van der Waals surface area contributed by atoms with Gasteiger partial charge < -0.3 is 42.2 Å². The maximum Gasteiger partial charge on any atom is 0.336 e. The summed E-state index contributed by atoms with van der Waals surface area (Å²) in [5.74, 6) is -2.07. The lowest BCUT2D eigenvalue weighted by Crippen LogP contribution is -2.46. The lowest BCUT2D eigenvalue weighted by Gasteiger charge is -2.30. The van der Waals surface area contributed by atoms with E-state index in [1.165, 1.54) is 36.4 Å². The standard InChI is InChI=1S/C33H39N7O8S/c1-2-3-4-15-39(32(46)38-14-13-36-31(34)35)28(43)11-12-37-33(47)40(49)19-5-8-22(25(16-19)30(44)45)29-23-9-6-20(41)17-26(23)48-27-18-21(42)7-10-24(27)29/h5-10,16-18,29,41-42,49H,2-4,11-15H2,1H3,(H,37,47)(H,38,46)(H,44,45)(H4,34,35,36). The highest BCUT2D eigenvalue weighted by atomic mass is 32.1. The van der Waals surface area contributed by atoms with Gasteiger partial charge in [0.05, 0.1) is 17.8 Å². The molecular weight excluding hydrogens is 654 g/mol. The zero-order valence-electron chi connectivity index (χ0n) is 26.8. The fraction of sp³-hybridized carbons (Fsp3) is 0.303. The first-order chi connectivity index (χ1) is 23.4. The second kappa shape index (κ2) is 16.5. The van der Waals surface area contributed by atoms with Gasteiger partial charge in [-0.2, -0.15) is 0 Å². The van der Waals surface area contributed by atoms with Gasteiger partial charge in [0.2, 0.25) is 5.91 Å². The minimum absolute atomic E-state index is 0.0553. The Morgan fingerprint density at radius 2 is 1.49 bits per heavy atom. The number of guanidine groups is 1. The van der Waals surface area contributed by atoms with Crippen molar-refractivity contribution in [2.45, 2.75) is 38.5 Å². The number of amides is 5. The number of nitrogens with one attached hydrogen (secondary N) is 2. The molecule has 4 rings (SSSR count). The van der Waals surface area contributed by atoms with Gasteiger partial charge in [-0.15, -0.1) is 0 Å². The smallest absolute Gasteiger partial charge is 0.336 e. The molecule has 1 aliphatic rings. The number of unbranched alkanes of at least 4 members (excludes halogenated alkanes) is 2. The molecule has 9 N–H and O–H groups in total. The number of phenolic OH excluding ortho intramolecular Hbond substituents is 2. The Hall–Kier alpha value is -5.64. The number of rotatable bonds is 13. The van der Waals surface area contributed by atoms with Crippen LogP contribution in [-0.4, -0.2) is 76.3 Å². The van der Waals surface area contributed by atoms with E-state index in [1.807, 2.05) is 6.92 Å². The molecule has 0 radical (unpaired) electrons. The predicted octanol–water partition coefficient (Wildman–Crippen LogP) is 3.83. The fourth-order valence-corrected chi connectivity index (χ4v) is 5.54. The summed E-state index contributed by atoms with van der Waals surface area (Å²) in [5.41, 5.74) is 12.1. The van der Waals surface area contributed by atoms with E-state index in [0.717, 1.165) is 22.0 Å². The highest BCUT2D eigenvalue weighted by Crippen LogP contribution is 2.50. The molecular formula is C33H39N7O8S. The molecule has 260 valence electrons. The summed E-state index contributed by atoms with van der Waals surface area (Å²) < 4.78 is 6.83. The van der Waals surface area contributed by atoms with Gasteiger partial charge in [-0.25, -0.2) is 18.7 Å². The summed E-state index contributed by atoms with van der Waals surface area (Å²) in [5, 5.41) is 35.5. The number of carbonyl (C=O) groups is 4. The Labute approximate surface area is 288 Å².